The second kappa shape index (κ2) is 5.42. The quantitative estimate of drug-likeness (QED) is 0.787. The SMILES string of the molecule is O=C(Cn1ncc2ccccc2c1=O)N1CCOCC1. The highest BCUT2D eigenvalue weighted by Gasteiger charge is 2.18. The Hall–Kier alpha value is -2.21. The molecule has 0 atom stereocenters. The van der Waals surface area contributed by atoms with Crippen LogP contribution >= 0.6 is 0 Å². The number of carbonyl (C=O) groups is 1. The van der Waals surface area contributed by atoms with Gasteiger partial charge in [-0.15, -0.1) is 0 Å². The Morgan fingerprint density at radius 1 is 1.25 bits per heavy atom. The number of fused-ring (bicyclic) bond motifs is 1. The van der Waals surface area contributed by atoms with Crippen molar-refractivity contribution in [1.82, 2.24) is 14.7 Å². The smallest absolute Gasteiger partial charge is 0.275 e. The van der Waals surface area contributed by atoms with Crippen molar-refractivity contribution < 1.29 is 9.53 Å². The van der Waals surface area contributed by atoms with Crippen LogP contribution in [0.1, 0.15) is 0 Å². The topological polar surface area (TPSA) is 64.4 Å². The first-order valence-electron chi connectivity index (χ1n) is 6.56. The molecule has 1 saturated heterocycles. The highest BCUT2D eigenvalue weighted by molar-refractivity contribution is 5.81. The summed E-state index contributed by atoms with van der Waals surface area (Å²) in [6, 6.07) is 7.23. The van der Waals surface area contributed by atoms with Crippen LogP contribution in [0, 0.1) is 0 Å². The van der Waals surface area contributed by atoms with Crippen LogP contribution in [0.25, 0.3) is 10.8 Å². The maximum Gasteiger partial charge on any atom is 0.275 e. The Balaban J connectivity index is 1.85. The molecule has 3 rings (SSSR count). The lowest BCUT2D eigenvalue weighted by Gasteiger charge is -2.26. The largest absolute Gasteiger partial charge is 0.378 e. The van der Waals surface area contributed by atoms with Gasteiger partial charge in [0.1, 0.15) is 6.54 Å². The first kappa shape index (κ1) is 12.8. The molecule has 2 heterocycles. The standard InChI is InChI=1S/C14H15N3O3/c18-13(16-5-7-20-8-6-16)10-17-14(19)12-4-2-1-3-11(12)9-15-17/h1-4,9H,5-8,10H2. The van der Waals surface area contributed by atoms with Crippen LogP contribution in [0.3, 0.4) is 0 Å². The molecule has 2 aromatic rings. The summed E-state index contributed by atoms with van der Waals surface area (Å²) in [6.07, 6.45) is 1.61. The third-order valence-electron chi connectivity index (χ3n) is 3.41. The monoisotopic (exact) mass is 273 g/mol. The van der Waals surface area contributed by atoms with E-state index in [1.54, 1.807) is 23.2 Å². The van der Waals surface area contributed by atoms with Gasteiger partial charge in [-0.05, 0) is 6.07 Å². The van der Waals surface area contributed by atoms with Crippen molar-refractivity contribution in [3.8, 4) is 0 Å². The molecule has 0 unspecified atom stereocenters. The zero-order chi connectivity index (χ0) is 13.9. The molecule has 0 aliphatic carbocycles. The van der Waals surface area contributed by atoms with Crippen molar-refractivity contribution in [2.75, 3.05) is 26.3 Å². The molecule has 0 bridgehead atoms. The second-order valence-corrected chi connectivity index (χ2v) is 4.69. The third-order valence-corrected chi connectivity index (χ3v) is 3.41. The van der Waals surface area contributed by atoms with E-state index in [2.05, 4.69) is 5.10 Å². The normalized spacial score (nSPS) is 15.5. The van der Waals surface area contributed by atoms with E-state index in [0.29, 0.717) is 31.7 Å². The number of hydrogen-bond acceptors (Lipinski definition) is 4. The van der Waals surface area contributed by atoms with Gasteiger partial charge in [-0.2, -0.15) is 5.10 Å². The number of amides is 1. The van der Waals surface area contributed by atoms with E-state index in [-0.39, 0.29) is 18.0 Å². The molecular formula is C14H15N3O3. The number of carbonyl (C=O) groups excluding carboxylic acids is 1. The number of hydrogen-bond donors (Lipinski definition) is 0. The summed E-state index contributed by atoms with van der Waals surface area (Å²) in [7, 11) is 0. The van der Waals surface area contributed by atoms with E-state index in [0.717, 1.165) is 5.39 Å². The summed E-state index contributed by atoms with van der Waals surface area (Å²) >= 11 is 0. The highest BCUT2D eigenvalue weighted by atomic mass is 16.5. The Kier molecular flexibility index (Phi) is 3.47. The maximum atomic E-state index is 12.3. The maximum absolute atomic E-state index is 12.3. The summed E-state index contributed by atoms with van der Waals surface area (Å²) in [6.45, 7) is 2.21. The van der Waals surface area contributed by atoms with Crippen molar-refractivity contribution in [3.63, 3.8) is 0 Å². The number of nitrogens with zero attached hydrogens (tertiary/aromatic N) is 3. The van der Waals surface area contributed by atoms with Gasteiger partial charge in [0.25, 0.3) is 5.56 Å². The first-order chi connectivity index (χ1) is 9.75. The molecule has 6 nitrogen and oxygen atoms in total. The molecule has 1 aliphatic heterocycles. The zero-order valence-corrected chi connectivity index (χ0v) is 11.0. The number of benzene rings is 1. The lowest BCUT2D eigenvalue weighted by atomic mass is 10.2. The second-order valence-electron chi connectivity index (χ2n) is 4.69. The third kappa shape index (κ3) is 2.42. The van der Waals surface area contributed by atoms with Gasteiger partial charge in [-0.25, -0.2) is 4.68 Å². The van der Waals surface area contributed by atoms with Gasteiger partial charge >= 0.3 is 0 Å². The van der Waals surface area contributed by atoms with Crippen molar-refractivity contribution in [2.45, 2.75) is 6.54 Å². The molecule has 0 N–H and O–H groups in total. The Morgan fingerprint density at radius 2 is 2.00 bits per heavy atom. The summed E-state index contributed by atoms with van der Waals surface area (Å²) < 4.78 is 6.43. The lowest BCUT2D eigenvalue weighted by Crippen LogP contribution is -2.43. The van der Waals surface area contributed by atoms with Crippen LogP contribution in [-0.4, -0.2) is 46.9 Å². The lowest BCUT2D eigenvalue weighted by molar-refractivity contribution is -0.136. The van der Waals surface area contributed by atoms with Crippen LogP contribution in [0.2, 0.25) is 0 Å². The summed E-state index contributed by atoms with van der Waals surface area (Å²) in [4.78, 5) is 26.1. The van der Waals surface area contributed by atoms with Crippen LogP contribution < -0.4 is 5.56 Å². The van der Waals surface area contributed by atoms with Crippen LogP contribution in [-0.2, 0) is 16.1 Å². The summed E-state index contributed by atoms with van der Waals surface area (Å²) in [5.74, 6) is -0.0989. The molecule has 1 amide bonds. The van der Waals surface area contributed by atoms with Crippen LogP contribution in [0.4, 0.5) is 0 Å². The Labute approximate surface area is 115 Å². The average molecular weight is 273 g/mol. The minimum Gasteiger partial charge on any atom is -0.378 e. The van der Waals surface area contributed by atoms with Gasteiger partial charge < -0.3 is 9.64 Å². The summed E-state index contributed by atoms with van der Waals surface area (Å²) in [5.41, 5.74) is -0.232. The van der Waals surface area contributed by atoms with E-state index in [1.807, 2.05) is 12.1 Å². The zero-order valence-electron chi connectivity index (χ0n) is 11.0. The molecule has 0 saturated carbocycles. The number of ether oxygens (including phenoxy) is 1. The summed E-state index contributed by atoms with van der Waals surface area (Å²) in [5, 5.41) is 5.43. The van der Waals surface area contributed by atoms with Gasteiger partial charge in [-0.3, -0.25) is 9.59 Å². The fourth-order valence-corrected chi connectivity index (χ4v) is 2.28. The van der Waals surface area contributed by atoms with Crippen LogP contribution in [0.5, 0.6) is 0 Å². The molecule has 6 heteroatoms. The number of rotatable bonds is 2. The van der Waals surface area contributed by atoms with E-state index in [9.17, 15) is 9.59 Å². The molecule has 0 spiro atoms. The Bertz CT molecular complexity index is 689. The highest BCUT2D eigenvalue weighted by Crippen LogP contribution is 2.06. The van der Waals surface area contributed by atoms with E-state index >= 15 is 0 Å². The van der Waals surface area contributed by atoms with Gasteiger partial charge in [0.05, 0.1) is 24.8 Å². The minimum atomic E-state index is -0.232. The number of aromatic nitrogens is 2. The molecule has 1 aromatic heterocycles. The molecule has 1 aliphatic rings. The van der Waals surface area contributed by atoms with Crippen molar-refractivity contribution >= 4 is 16.7 Å². The van der Waals surface area contributed by atoms with Gasteiger partial charge in [0.2, 0.25) is 5.91 Å². The van der Waals surface area contributed by atoms with Crippen molar-refractivity contribution in [1.29, 1.82) is 0 Å². The molecular weight excluding hydrogens is 258 g/mol. The molecule has 104 valence electrons. The molecule has 1 aromatic carbocycles. The average Bonchev–Trinajstić information content (AvgIpc) is 2.51. The van der Waals surface area contributed by atoms with Gasteiger partial charge in [-0.1, -0.05) is 18.2 Å². The fraction of sp³-hybridized carbons (Fsp3) is 0.357. The van der Waals surface area contributed by atoms with E-state index < -0.39 is 0 Å². The fourth-order valence-electron chi connectivity index (χ4n) is 2.28. The van der Waals surface area contributed by atoms with E-state index in [4.69, 9.17) is 4.74 Å². The Morgan fingerprint density at radius 3 is 2.80 bits per heavy atom. The van der Waals surface area contributed by atoms with Gasteiger partial charge in [0.15, 0.2) is 0 Å². The molecule has 1 fully saturated rings. The number of morpholine rings is 1. The van der Waals surface area contributed by atoms with Gasteiger partial charge in [0, 0.05) is 18.5 Å². The minimum absolute atomic E-state index is 0.0241. The molecule has 20 heavy (non-hydrogen) atoms. The molecule has 0 radical (unpaired) electrons. The predicted octanol–water partition coefficient (Wildman–Crippen LogP) is 0.255. The first-order valence-corrected chi connectivity index (χ1v) is 6.56. The van der Waals surface area contributed by atoms with Crippen molar-refractivity contribution in [3.05, 3.63) is 40.8 Å². The van der Waals surface area contributed by atoms with Crippen LogP contribution in [0.15, 0.2) is 35.3 Å². The van der Waals surface area contributed by atoms with E-state index in [1.165, 1.54) is 4.68 Å². The predicted molar refractivity (Wildman–Crippen MR) is 73.4 cm³/mol. The van der Waals surface area contributed by atoms with Crippen molar-refractivity contribution in [2.24, 2.45) is 0 Å².